The van der Waals surface area contributed by atoms with Gasteiger partial charge in [0, 0.05) is 6.61 Å². The standard InChI is InChI=1S/C18H34O/c1-2-3-4-5-6-7-8-9-10-11-12-13-14-15-16-17-18-19/h3-4,14-15,19H,2,5-13,16-18H2,1H3. The molecule has 0 aliphatic rings. The van der Waals surface area contributed by atoms with E-state index in [1.165, 1.54) is 64.2 Å². The summed E-state index contributed by atoms with van der Waals surface area (Å²) in [5.41, 5.74) is 0. The van der Waals surface area contributed by atoms with Crippen LogP contribution >= 0.6 is 0 Å². The molecule has 0 bridgehead atoms. The lowest BCUT2D eigenvalue weighted by Crippen LogP contribution is -1.81. The highest BCUT2D eigenvalue weighted by molar-refractivity contribution is 4.81. The minimum Gasteiger partial charge on any atom is -0.396 e. The van der Waals surface area contributed by atoms with Crippen molar-refractivity contribution in [1.82, 2.24) is 0 Å². The first-order valence-corrected chi connectivity index (χ1v) is 8.32. The minimum absolute atomic E-state index is 0.318. The van der Waals surface area contributed by atoms with Gasteiger partial charge in [0.2, 0.25) is 0 Å². The van der Waals surface area contributed by atoms with E-state index in [2.05, 4.69) is 31.2 Å². The van der Waals surface area contributed by atoms with Gasteiger partial charge in [-0.1, -0.05) is 63.3 Å². The van der Waals surface area contributed by atoms with Gasteiger partial charge in [0.25, 0.3) is 0 Å². The summed E-state index contributed by atoms with van der Waals surface area (Å²) >= 11 is 0. The fourth-order valence-electron chi connectivity index (χ4n) is 2.14. The second kappa shape index (κ2) is 17.4. The van der Waals surface area contributed by atoms with Crippen LogP contribution in [0.2, 0.25) is 0 Å². The Hall–Kier alpha value is -0.560. The van der Waals surface area contributed by atoms with Gasteiger partial charge in [0.05, 0.1) is 0 Å². The molecular formula is C18H34O. The maximum absolute atomic E-state index is 8.63. The number of aliphatic hydroxyl groups is 1. The molecule has 0 heterocycles. The van der Waals surface area contributed by atoms with E-state index >= 15 is 0 Å². The number of allylic oxidation sites excluding steroid dienone is 4. The van der Waals surface area contributed by atoms with Crippen LogP contribution in [0.1, 0.15) is 84.0 Å². The van der Waals surface area contributed by atoms with Crippen LogP contribution in [0.4, 0.5) is 0 Å². The SMILES string of the molecule is CCC=CCCCCCCCCCC=CCCCO. The quantitative estimate of drug-likeness (QED) is 0.311. The van der Waals surface area contributed by atoms with Crippen LogP contribution in [-0.4, -0.2) is 11.7 Å². The van der Waals surface area contributed by atoms with Crippen LogP contribution in [0.3, 0.4) is 0 Å². The monoisotopic (exact) mass is 266 g/mol. The highest BCUT2D eigenvalue weighted by atomic mass is 16.2. The van der Waals surface area contributed by atoms with Crippen molar-refractivity contribution in [3.63, 3.8) is 0 Å². The number of rotatable bonds is 14. The summed E-state index contributed by atoms with van der Waals surface area (Å²) in [6, 6.07) is 0. The maximum Gasteiger partial charge on any atom is 0.0433 e. The van der Waals surface area contributed by atoms with Crippen molar-refractivity contribution in [2.45, 2.75) is 84.0 Å². The van der Waals surface area contributed by atoms with E-state index in [1.807, 2.05) is 0 Å². The molecule has 1 nitrogen and oxygen atoms in total. The Morgan fingerprint density at radius 1 is 0.579 bits per heavy atom. The molecular weight excluding hydrogens is 232 g/mol. The summed E-state index contributed by atoms with van der Waals surface area (Å²) in [7, 11) is 0. The normalized spacial score (nSPS) is 11.9. The Morgan fingerprint density at radius 2 is 1.00 bits per heavy atom. The Labute approximate surface area is 120 Å². The summed E-state index contributed by atoms with van der Waals surface area (Å²) in [6.45, 7) is 2.51. The third-order valence-electron chi connectivity index (χ3n) is 3.34. The summed E-state index contributed by atoms with van der Waals surface area (Å²) in [4.78, 5) is 0. The first-order chi connectivity index (χ1) is 9.41. The van der Waals surface area contributed by atoms with E-state index < -0.39 is 0 Å². The van der Waals surface area contributed by atoms with Gasteiger partial charge in [0.1, 0.15) is 0 Å². The molecule has 0 saturated carbocycles. The van der Waals surface area contributed by atoms with E-state index in [9.17, 15) is 0 Å². The van der Waals surface area contributed by atoms with E-state index in [-0.39, 0.29) is 0 Å². The van der Waals surface area contributed by atoms with Crippen molar-refractivity contribution in [1.29, 1.82) is 0 Å². The highest BCUT2D eigenvalue weighted by Crippen LogP contribution is 2.10. The molecule has 0 saturated heterocycles. The first-order valence-electron chi connectivity index (χ1n) is 8.32. The van der Waals surface area contributed by atoms with Gasteiger partial charge in [-0.25, -0.2) is 0 Å². The maximum atomic E-state index is 8.63. The summed E-state index contributed by atoms with van der Waals surface area (Å²) in [6.07, 6.45) is 24.4. The molecule has 0 rings (SSSR count). The smallest absolute Gasteiger partial charge is 0.0433 e. The average Bonchev–Trinajstić information content (AvgIpc) is 2.43. The Balaban J connectivity index is 3.02. The van der Waals surface area contributed by atoms with Crippen LogP contribution in [0, 0.1) is 0 Å². The minimum atomic E-state index is 0.318. The van der Waals surface area contributed by atoms with Gasteiger partial charge < -0.3 is 5.11 Å². The van der Waals surface area contributed by atoms with Gasteiger partial charge in [-0.15, -0.1) is 0 Å². The van der Waals surface area contributed by atoms with Gasteiger partial charge in [0.15, 0.2) is 0 Å². The number of hydrogen-bond acceptors (Lipinski definition) is 1. The number of hydrogen-bond donors (Lipinski definition) is 1. The van der Waals surface area contributed by atoms with Crippen molar-refractivity contribution >= 4 is 0 Å². The molecule has 0 aromatic rings. The Kier molecular flexibility index (Phi) is 16.9. The van der Waals surface area contributed by atoms with Gasteiger partial charge in [-0.05, 0) is 44.9 Å². The molecule has 0 spiro atoms. The van der Waals surface area contributed by atoms with Crippen LogP contribution < -0.4 is 0 Å². The number of unbranched alkanes of at least 4 members (excludes halogenated alkanes) is 9. The molecule has 0 aliphatic carbocycles. The third-order valence-corrected chi connectivity index (χ3v) is 3.34. The van der Waals surface area contributed by atoms with Crippen molar-refractivity contribution in [3.05, 3.63) is 24.3 Å². The summed E-state index contributed by atoms with van der Waals surface area (Å²) in [5, 5.41) is 8.63. The molecule has 0 aliphatic heterocycles. The van der Waals surface area contributed by atoms with E-state index in [0.29, 0.717) is 6.61 Å². The molecule has 0 aromatic carbocycles. The second-order valence-corrected chi connectivity index (χ2v) is 5.27. The average molecular weight is 266 g/mol. The van der Waals surface area contributed by atoms with Gasteiger partial charge in [-0.3, -0.25) is 0 Å². The molecule has 0 radical (unpaired) electrons. The zero-order valence-electron chi connectivity index (χ0n) is 12.9. The molecule has 0 unspecified atom stereocenters. The fourth-order valence-corrected chi connectivity index (χ4v) is 2.14. The molecule has 0 aromatic heterocycles. The summed E-state index contributed by atoms with van der Waals surface area (Å²) in [5.74, 6) is 0. The first kappa shape index (κ1) is 18.4. The number of aliphatic hydroxyl groups excluding tert-OH is 1. The second-order valence-electron chi connectivity index (χ2n) is 5.27. The molecule has 19 heavy (non-hydrogen) atoms. The molecule has 112 valence electrons. The lowest BCUT2D eigenvalue weighted by molar-refractivity contribution is 0.289. The van der Waals surface area contributed by atoms with E-state index in [4.69, 9.17) is 5.11 Å². The van der Waals surface area contributed by atoms with E-state index in [0.717, 1.165) is 12.8 Å². The predicted octanol–water partition coefficient (Wildman–Crippen LogP) is 5.79. The lowest BCUT2D eigenvalue weighted by Gasteiger charge is -2.00. The van der Waals surface area contributed by atoms with Gasteiger partial charge in [-0.2, -0.15) is 0 Å². The lowest BCUT2D eigenvalue weighted by atomic mass is 10.1. The zero-order chi connectivity index (χ0) is 14.0. The molecule has 1 N–H and O–H groups in total. The third kappa shape index (κ3) is 17.4. The highest BCUT2D eigenvalue weighted by Gasteiger charge is 1.90. The Morgan fingerprint density at radius 3 is 1.47 bits per heavy atom. The van der Waals surface area contributed by atoms with Crippen LogP contribution in [0.25, 0.3) is 0 Å². The van der Waals surface area contributed by atoms with Crippen LogP contribution in [-0.2, 0) is 0 Å². The zero-order valence-corrected chi connectivity index (χ0v) is 12.9. The van der Waals surface area contributed by atoms with Crippen molar-refractivity contribution in [2.75, 3.05) is 6.61 Å². The fraction of sp³-hybridized carbons (Fsp3) is 0.778. The van der Waals surface area contributed by atoms with E-state index in [1.54, 1.807) is 0 Å². The van der Waals surface area contributed by atoms with Crippen molar-refractivity contribution in [3.8, 4) is 0 Å². The molecule has 0 atom stereocenters. The molecule has 1 heteroatoms. The topological polar surface area (TPSA) is 20.2 Å². The van der Waals surface area contributed by atoms with Gasteiger partial charge >= 0.3 is 0 Å². The molecule has 0 amide bonds. The summed E-state index contributed by atoms with van der Waals surface area (Å²) < 4.78 is 0. The molecule has 0 fully saturated rings. The predicted molar refractivity (Wildman–Crippen MR) is 86.4 cm³/mol. The largest absolute Gasteiger partial charge is 0.396 e. The Bertz CT molecular complexity index is 206. The van der Waals surface area contributed by atoms with Crippen LogP contribution in [0.15, 0.2) is 24.3 Å². The van der Waals surface area contributed by atoms with Crippen molar-refractivity contribution < 1.29 is 5.11 Å². The van der Waals surface area contributed by atoms with Crippen molar-refractivity contribution in [2.24, 2.45) is 0 Å². The van der Waals surface area contributed by atoms with Crippen LogP contribution in [0.5, 0.6) is 0 Å².